The van der Waals surface area contributed by atoms with Crippen molar-refractivity contribution in [2.45, 2.75) is 51.9 Å². The van der Waals surface area contributed by atoms with Crippen LogP contribution in [0.25, 0.3) is 10.8 Å². The molecule has 1 heterocycles. The SMILES string of the molecule is CCCCCOc1ccc(CCc2ccc3c(F)c(CCc4ccc(C#N)cc4)ccc3c2)nc1. The highest BCUT2D eigenvalue weighted by atomic mass is 19.1. The van der Waals surface area contributed by atoms with Gasteiger partial charge in [0.1, 0.15) is 11.6 Å². The van der Waals surface area contributed by atoms with Crippen molar-refractivity contribution < 1.29 is 9.13 Å². The average molecular weight is 467 g/mol. The number of halogens is 1. The van der Waals surface area contributed by atoms with Crippen molar-refractivity contribution in [3.8, 4) is 11.8 Å². The van der Waals surface area contributed by atoms with Crippen LogP contribution in [0.15, 0.2) is 72.9 Å². The lowest BCUT2D eigenvalue weighted by atomic mass is 9.97. The van der Waals surface area contributed by atoms with Crippen LogP contribution < -0.4 is 4.74 Å². The number of hydrogen-bond donors (Lipinski definition) is 0. The first-order valence-electron chi connectivity index (χ1n) is 12.4. The van der Waals surface area contributed by atoms with E-state index in [-0.39, 0.29) is 5.82 Å². The molecule has 0 aliphatic heterocycles. The molecule has 0 saturated heterocycles. The van der Waals surface area contributed by atoms with Gasteiger partial charge in [-0.2, -0.15) is 5.26 Å². The van der Waals surface area contributed by atoms with E-state index >= 15 is 4.39 Å². The van der Waals surface area contributed by atoms with E-state index in [4.69, 9.17) is 10.00 Å². The number of pyridine rings is 1. The maximum absolute atomic E-state index is 15.2. The minimum atomic E-state index is -0.140. The lowest BCUT2D eigenvalue weighted by Crippen LogP contribution is -1.99. The Hall–Kier alpha value is -3.71. The number of fused-ring (bicyclic) bond motifs is 1. The van der Waals surface area contributed by atoms with Gasteiger partial charge in [-0.1, -0.05) is 62.2 Å². The van der Waals surface area contributed by atoms with Gasteiger partial charge in [0.15, 0.2) is 0 Å². The molecule has 0 aliphatic carbocycles. The van der Waals surface area contributed by atoms with E-state index in [1.54, 1.807) is 18.3 Å². The summed E-state index contributed by atoms with van der Waals surface area (Å²) in [6.45, 7) is 2.92. The highest BCUT2D eigenvalue weighted by Gasteiger charge is 2.09. The van der Waals surface area contributed by atoms with Crippen molar-refractivity contribution in [3.63, 3.8) is 0 Å². The van der Waals surface area contributed by atoms with Crippen molar-refractivity contribution in [1.82, 2.24) is 4.98 Å². The van der Waals surface area contributed by atoms with Crippen LogP contribution in [-0.2, 0) is 25.7 Å². The zero-order valence-corrected chi connectivity index (χ0v) is 20.3. The van der Waals surface area contributed by atoms with Crippen molar-refractivity contribution in [1.29, 1.82) is 5.26 Å². The van der Waals surface area contributed by atoms with E-state index in [1.165, 1.54) is 18.4 Å². The van der Waals surface area contributed by atoms with E-state index in [9.17, 15) is 0 Å². The molecular formula is C31H31FN2O. The van der Waals surface area contributed by atoms with Gasteiger partial charge in [0.2, 0.25) is 0 Å². The quantitative estimate of drug-likeness (QED) is 0.217. The van der Waals surface area contributed by atoms with E-state index < -0.39 is 0 Å². The largest absolute Gasteiger partial charge is 0.492 e. The maximum Gasteiger partial charge on any atom is 0.137 e. The predicted molar refractivity (Wildman–Crippen MR) is 139 cm³/mol. The van der Waals surface area contributed by atoms with Gasteiger partial charge in [-0.3, -0.25) is 4.98 Å². The topological polar surface area (TPSA) is 45.9 Å². The molecule has 0 aliphatic rings. The summed E-state index contributed by atoms with van der Waals surface area (Å²) >= 11 is 0. The molecule has 1 aromatic heterocycles. The smallest absolute Gasteiger partial charge is 0.137 e. The molecule has 4 heteroatoms. The number of ether oxygens (including phenoxy) is 1. The van der Waals surface area contributed by atoms with Gasteiger partial charge in [-0.25, -0.2) is 4.39 Å². The first kappa shape index (κ1) is 24.4. The second-order valence-electron chi connectivity index (χ2n) is 8.94. The van der Waals surface area contributed by atoms with Gasteiger partial charge in [-0.05, 0) is 78.4 Å². The van der Waals surface area contributed by atoms with E-state index in [0.717, 1.165) is 60.2 Å². The second kappa shape index (κ2) is 12.1. The van der Waals surface area contributed by atoms with E-state index in [1.807, 2.05) is 48.5 Å². The van der Waals surface area contributed by atoms with Crippen LogP contribution in [-0.4, -0.2) is 11.6 Å². The molecule has 0 atom stereocenters. The molecule has 0 bridgehead atoms. The summed E-state index contributed by atoms with van der Waals surface area (Å²) in [7, 11) is 0. The Labute approximate surface area is 207 Å². The van der Waals surface area contributed by atoms with Gasteiger partial charge >= 0.3 is 0 Å². The standard InChI is InChI=1S/C31H31FN2O/c1-2-3-4-19-35-29-17-16-28(34-22-29)15-10-24-11-18-30-27(20-24)14-13-26(31(30)32)12-9-23-5-7-25(21-33)8-6-23/h5-8,11,13-14,16-18,20,22H,2-4,9-10,12,15,19H2,1H3. The van der Waals surface area contributed by atoms with Crippen LogP contribution >= 0.6 is 0 Å². The van der Waals surface area contributed by atoms with Gasteiger partial charge in [-0.15, -0.1) is 0 Å². The monoisotopic (exact) mass is 466 g/mol. The number of aryl methyl sites for hydroxylation is 4. The average Bonchev–Trinajstić information content (AvgIpc) is 2.90. The highest BCUT2D eigenvalue weighted by molar-refractivity contribution is 5.84. The summed E-state index contributed by atoms with van der Waals surface area (Å²) in [5.41, 5.74) is 4.65. The number of aromatic nitrogens is 1. The molecule has 0 unspecified atom stereocenters. The first-order valence-corrected chi connectivity index (χ1v) is 12.4. The summed E-state index contributed by atoms with van der Waals surface area (Å²) in [6.07, 6.45) is 8.27. The molecule has 0 amide bonds. The molecule has 3 aromatic carbocycles. The zero-order chi connectivity index (χ0) is 24.5. The van der Waals surface area contributed by atoms with Crippen LogP contribution in [0.3, 0.4) is 0 Å². The van der Waals surface area contributed by atoms with Crippen molar-refractivity contribution in [2.75, 3.05) is 6.61 Å². The van der Waals surface area contributed by atoms with Gasteiger partial charge in [0.25, 0.3) is 0 Å². The minimum absolute atomic E-state index is 0.140. The fourth-order valence-electron chi connectivity index (χ4n) is 4.22. The second-order valence-corrected chi connectivity index (χ2v) is 8.94. The maximum atomic E-state index is 15.2. The van der Waals surface area contributed by atoms with Crippen LogP contribution in [0.1, 0.15) is 54.1 Å². The highest BCUT2D eigenvalue weighted by Crippen LogP contribution is 2.24. The number of rotatable bonds is 11. The molecular weight excluding hydrogens is 435 g/mol. The molecule has 0 fully saturated rings. The number of unbranched alkanes of at least 4 members (excludes halogenated alkanes) is 2. The Morgan fingerprint density at radius 3 is 2.40 bits per heavy atom. The third-order valence-corrected chi connectivity index (χ3v) is 6.35. The molecule has 0 saturated carbocycles. The molecule has 0 radical (unpaired) electrons. The summed E-state index contributed by atoms with van der Waals surface area (Å²) in [6, 6.07) is 23.5. The number of nitrogens with zero attached hydrogens (tertiary/aromatic N) is 2. The van der Waals surface area contributed by atoms with Crippen LogP contribution in [0.5, 0.6) is 5.75 Å². The minimum Gasteiger partial charge on any atom is -0.492 e. The Balaban J connectivity index is 1.35. The van der Waals surface area contributed by atoms with Crippen LogP contribution in [0.4, 0.5) is 4.39 Å². The summed E-state index contributed by atoms with van der Waals surface area (Å²) in [5, 5.41) is 10.5. The molecule has 35 heavy (non-hydrogen) atoms. The van der Waals surface area contributed by atoms with Crippen LogP contribution in [0, 0.1) is 17.1 Å². The molecule has 4 rings (SSSR count). The Kier molecular flexibility index (Phi) is 8.46. The Morgan fingerprint density at radius 2 is 1.66 bits per heavy atom. The normalized spacial score (nSPS) is 10.9. The fourth-order valence-corrected chi connectivity index (χ4v) is 4.22. The van der Waals surface area contributed by atoms with Crippen molar-refractivity contribution in [3.05, 3.63) is 107 Å². The first-order chi connectivity index (χ1) is 17.2. The molecule has 178 valence electrons. The summed E-state index contributed by atoms with van der Waals surface area (Å²) in [4.78, 5) is 4.53. The predicted octanol–water partition coefficient (Wildman–Crippen LogP) is 7.38. The number of nitriles is 1. The lowest BCUT2D eigenvalue weighted by Gasteiger charge is -2.09. The Morgan fingerprint density at radius 1 is 0.857 bits per heavy atom. The van der Waals surface area contributed by atoms with Crippen molar-refractivity contribution in [2.24, 2.45) is 0 Å². The van der Waals surface area contributed by atoms with Crippen molar-refractivity contribution >= 4 is 10.8 Å². The lowest BCUT2D eigenvalue weighted by molar-refractivity contribution is 0.305. The summed E-state index contributed by atoms with van der Waals surface area (Å²) < 4.78 is 20.9. The van der Waals surface area contributed by atoms with E-state index in [0.29, 0.717) is 17.4 Å². The zero-order valence-electron chi connectivity index (χ0n) is 20.3. The summed E-state index contributed by atoms with van der Waals surface area (Å²) in [5.74, 6) is 0.680. The molecule has 0 spiro atoms. The molecule has 4 aromatic rings. The molecule has 0 N–H and O–H groups in total. The van der Waals surface area contributed by atoms with Gasteiger partial charge in [0, 0.05) is 11.1 Å². The number of benzene rings is 3. The number of hydrogen-bond acceptors (Lipinski definition) is 3. The Bertz CT molecular complexity index is 1290. The van der Waals surface area contributed by atoms with E-state index in [2.05, 4.69) is 24.0 Å². The van der Waals surface area contributed by atoms with Crippen LogP contribution in [0.2, 0.25) is 0 Å². The van der Waals surface area contributed by atoms with Gasteiger partial charge < -0.3 is 4.74 Å². The third-order valence-electron chi connectivity index (χ3n) is 6.35. The van der Waals surface area contributed by atoms with Gasteiger partial charge in [0.05, 0.1) is 24.4 Å². The third kappa shape index (κ3) is 6.67. The molecule has 3 nitrogen and oxygen atoms in total. The fraction of sp³-hybridized carbons (Fsp3) is 0.290.